The van der Waals surface area contributed by atoms with Crippen LogP contribution in [-0.2, 0) is 32.8 Å². The van der Waals surface area contributed by atoms with Gasteiger partial charge in [-0.3, -0.25) is 9.59 Å². The van der Waals surface area contributed by atoms with Crippen molar-refractivity contribution < 1.29 is 18.0 Å². The summed E-state index contributed by atoms with van der Waals surface area (Å²) in [5.41, 5.74) is 1.81. The molecular weight excluding hydrogens is 559 g/mol. The number of para-hydroxylation sites is 1. The molecule has 11 heteroatoms. The summed E-state index contributed by atoms with van der Waals surface area (Å²) in [5, 5.41) is 3.48. The Balaban J connectivity index is 2.08. The number of hydrogen-bond acceptors (Lipinski definition) is 4. The van der Waals surface area contributed by atoms with Gasteiger partial charge in [0.2, 0.25) is 11.8 Å². The Hall–Kier alpha value is -3.11. The summed E-state index contributed by atoms with van der Waals surface area (Å²) in [7, 11) is -1.24. The van der Waals surface area contributed by atoms with Gasteiger partial charge < -0.3 is 10.2 Å². The van der Waals surface area contributed by atoms with Gasteiger partial charge in [0.05, 0.1) is 15.7 Å². The minimum Gasteiger partial charge on any atom is -0.355 e. The molecule has 0 bridgehead atoms. The lowest BCUT2D eigenvalue weighted by molar-refractivity contribution is -0.140. The summed E-state index contributed by atoms with van der Waals surface area (Å²) in [4.78, 5) is 28.8. The zero-order valence-corrected chi connectivity index (χ0v) is 24.4. The molecule has 39 heavy (non-hydrogen) atoms. The molecule has 3 aromatic carbocycles. The maximum atomic E-state index is 14.1. The fourth-order valence-electron chi connectivity index (χ4n) is 3.99. The highest BCUT2D eigenvalue weighted by molar-refractivity contribution is 7.90. The van der Waals surface area contributed by atoms with Gasteiger partial charge in [0.25, 0.3) is 0 Å². The topological polar surface area (TPSA) is 90.0 Å². The summed E-state index contributed by atoms with van der Waals surface area (Å²) < 4.78 is 28.7. The molecule has 0 saturated carbocycles. The number of hydrogen-bond donors (Lipinski definition) is 1. The first kappa shape index (κ1) is 30.4. The van der Waals surface area contributed by atoms with Crippen LogP contribution in [0.3, 0.4) is 0 Å². The van der Waals surface area contributed by atoms with Crippen LogP contribution in [0.25, 0.3) is 0 Å². The first-order valence-electron chi connectivity index (χ1n) is 12.3. The predicted molar refractivity (Wildman–Crippen MR) is 156 cm³/mol. The normalized spacial score (nSPS) is 12.2. The molecule has 0 spiro atoms. The first-order valence-corrected chi connectivity index (χ1v) is 14.5. The lowest BCUT2D eigenvalue weighted by atomic mass is 10.0. The van der Waals surface area contributed by atoms with E-state index in [1.165, 1.54) is 19.0 Å². The van der Waals surface area contributed by atoms with Gasteiger partial charge >= 0.3 is 10.2 Å². The van der Waals surface area contributed by atoms with Crippen LogP contribution in [0, 0.1) is 0 Å². The number of anilines is 1. The third-order valence-corrected chi connectivity index (χ3v) is 8.58. The van der Waals surface area contributed by atoms with E-state index >= 15 is 0 Å². The summed E-state index contributed by atoms with van der Waals surface area (Å²) in [6.45, 7) is 1.65. The van der Waals surface area contributed by atoms with E-state index in [-0.39, 0.29) is 18.9 Å². The second-order valence-electron chi connectivity index (χ2n) is 9.00. The maximum Gasteiger partial charge on any atom is 0.304 e. The van der Waals surface area contributed by atoms with Crippen LogP contribution < -0.4 is 9.62 Å². The van der Waals surface area contributed by atoms with Crippen molar-refractivity contribution in [3.63, 3.8) is 0 Å². The Morgan fingerprint density at radius 1 is 0.872 bits per heavy atom. The Kier molecular flexibility index (Phi) is 10.8. The van der Waals surface area contributed by atoms with E-state index in [0.29, 0.717) is 27.8 Å². The van der Waals surface area contributed by atoms with Crippen molar-refractivity contribution in [2.24, 2.45) is 0 Å². The zero-order valence-electron chi connectivity index (χ0n) is 22.1. The molecule has 0 saturated heterocycles. The molecule has 208 valence electrons. The summed E-state index contributed by atoms with van der Waals surface area (Å²) >= 11 is 12.4. The third kappa shape index (κ3) is 7.95. The van der Waals surface area contributed by atoms with E-state index in [2.05, 4.69) is 5.32 Å². The Morgan fingerprint density at radius 2 is 1.49 bits per heavy atom. The number of likely N-dealkylation sites (N-methyl/N-ethyl adjacent to an activating group) is 1. The number of carbonyl (C=O) groups excluding carboxylic acids is 2. The fourth-order valence-corrected chi connectivity index (χ4v) is 5.37. The summed E-state index contributed by atoms with van der Waals surface area (Å²) in [6, 6.07) is 21.8. The monoisotopic (exact) mass is 590 g/mol. The maximum absolute atomic E-state index is 14.1. The van der Waals surface area contributed by atoms with Gasteiger partial charge in [-0.25, -0.2) is 4.31 Å². The molecule has 0 aliphatic carbocycles. The summed E-state index contributed by atoms with van der Waals surface area (Å²) in [6.07, 6.45) is 0.228. The third-order valence-electron chi connectivity index (χ3n) is 6.02. The number of nitrogens with zero attached hydrogens (tertiary/aromatic N) is 3. The van der Waals surface area contributed by atoms with Gasteiger partial charge in [-0.05, 0) is 42.3 Å². The molecule has 3 aromatic rings. The number of halogens is 2. The Labute approximate surface area is 240 Å². The molecule has 0 unspecified atom stereocenters. The van der Waals surface area contributed by atoms with E-state index < -0.39 is 28.7 Å². The molecule has 8 nitrogen and oxygen atoms in total. The SMILES string of the molecule is CCNC(=O)[C@H](Cc1ccccc1)N(Cc1ccc(Cl)c(Cl)c1)C(=O)CN(c1ccccc1)S(=O)(=O)N(C)C. The second kappa shape index (κ2) is 13.8. The molecule has 3 rings (SSSR count). The number of amides is 2. The van der Waals surface area contributed by atoms with E-state index in [9.17, 15) is 18.0 Å². The molecule has 0 radical (unpaired) electrons. The molecule has 1 N–H and O–H groups in total. The Morgan fingerprint density at radius 3 is 2.05 bits per heavy atom. The second-order valence-corrected chi connectivity index (χ2v) is 11.9. The highest BCUT2D eigenvalue weighted by atomic mass is 35.5. The zero-order chi connectivity index (χ0) is 28.6. The van der Waals surface area contributed by atoms with E-state index in [1.807, 2.05) is 30.3 Å². The largest absolute Gasteiger partial charge is 0.355 e. The van der Waals surface area contributed by atoms with Gasteiger partial charge in [0, 0.05) is 33.6 Å². The standard InChI is InChI=1S/C28H32Cl2N4O4S/c1-4-31-28(36)26(18-21-11-7-5-8-12-21)33(19-22-15-16-24(29)25(30)17-22)27(35)20-34(39(37,38)32(2)3)23-13-9-6-10-14-23/h5-17,26H,4,18-20H2,1-3H3,(H,31,36)/t26-/m0/s1. The van der Waals surface area contributed by atoms with Crippen LogP contribution in [0.5, 0.6) is 0 Å². The number of rotatable bonds is 12. The van der Waals surface area contributed by atoms with Crippen molar-refractivity contribution in [1.29, 1.82) is 0 Å². The molecular formula is C28H32Cl2N4O4S. The fraction of sp³-hybridized carbons (Fsp3) is 0.286. The smallest absolute Gasteiger partial charge is 0.304 e. The average molecular weight is 592 g/mol. The van der Waals surface area contributed by atoms with E-state index in [0.717, 1.165) is 14.2 Å². The van der Waals surface area contributed by atoms with Gasteiger partial charge in [-0.1, -0.05) is 77.8 Å². The lowest BCUT2D eigenvalue weighted by Crippen LogP contribution is -2.54. The van der Waals surface area contributed by atoms with Crippen LogP contribution in [0.2, 0.25) is 10.0 Å². The molecule has 0 aliphatic rings. The Bertz CT molecular complexity index is 1370. The van der Waals surface area contributed by atoms with E-state index in [4.69, 9.17) is 23.2 Å². The van der Waals surface area contributed by atoms with Crippen LogP contribution >= 0.6 is 23.2 Å². The van der Waals surface area contributed by atoms with Crippen molar-refractivity contribution in [2.45, 2.75) is 25.9 Å². The minimum atomic E-state index is -4.04. The van der Waals surface area contributed by atoms with Gasteiger partial charge in [0.15, 0.2) is 0 Å². The molecule has 1 atom stereocenters. The number of nitrogens with one attached hydrogen (secondary N) is 1. The molecule has 0 fully saturated rings. The van der Waals surface area contributed by atoms with Gasteiger partial charge in [0.1, 0.15) is 12.6 Å². The molecule has 2 amide bonds. The van der Waals surface area contributed by atoms with Crippen LogP contribution in [0.15, 0.2) is 78.9 Å². The quantitative estimate of drug-likeness (QED) is 0.339. The number of carbonyl (C=O) groups is 2. The highest BCUT2D eigenvalue weighted by Crippen LogP contribution is 2.25. The van der Waals surface area contributed by atoms with Gasteiger partial charge in [-0.2, -0.15) is 12.7 Å². The first-order chi connectivity index (χ1) is 18.5. The number of benzene rings is 3. The minimum absolute atomic E-state index is 0.00893. The van der Waals surface area contributed by atoms with Crippen LogP contribution in [-0.4, -0.2) is 62.7 Å². The molecule has 0 aromatic heterocycles. The van der Waals surface area contributed by atoms with Crippen molar-refractivity contribution >= 4 is 50.9 Å². The lowest BCUT2D eigenvalue weighted by Gasteiger charge is -2.34. The highest BCUT2D eigenvalue weighted by Gasteiger charge is 2.34. The van der Waals surface area contributed by atoms with Crippen LogP contribution in [0.4, 0.5) is 5.69 Å². The predicted octanol–water partition coefficient (Wildman–Crippen LogP) is 4.38. The van der Waals surface area contributed by atoms with Crippen molar-refractivity contribution in [1.82, 2.24) is 14.5 Å². The van der Waals surface area contributed by atoms with Crippen LogP contribution in [0.1, 0.15) is 18.1 Å². The van der Waals surface area contributed by atoms with E-state index in [1.54, 1.807) is 55.5 Å². The van der Waals surface area contributed by atoms with Crippen molar-refractivity contribution in [3.05, 3.63) is 100 Å². The average Bonchev–Trinajstić information content (AvgIpc) is 2.92. The summed E-state index contributed by atoms with van der Waals surface area (Å²) in [5.74, 6) is -0.904. The van der Waals surface area contributed by atoms with Gasteiger partial charge in [-0.15, -0.1) is 0 Å². The molecule has 0 aliphatic heterocycles. The van der Waals surface area contributed by atoms with Crippen molar-refractivity contribution in [2.75, 3.05) is 31.5 Å². The van der Waals surface area contributed by atoms with Crippen molar-refractivity contribution in [3.8, 4) is 0 Å². The molecule has 0 heterocycles.